The zero-order valence-electron chi connectivity index (χ0n) is 15.1. The van der Waals surface area contributed by atoms with E-state index in [9.17, 15) is 13.2 Å². The van der Waals surface area contributed by atoms with E-state index in [-0.39, 0.29) is 21.8 Å². The molecule has 0 spiro atoms. The van der Waals surface area contributed by atoms with Crippen molar-refractivity contribution in [2.24, 2.45) is 0 Å². The van der Waals surface area contributed by atoms with Gasteiger partial charge in [-0.25, -0.2) is 27.9 Å². The molecule has 1 aliphatic rings. The van der Waals surface area contributed by atoms with Gasteiger partial charge in [-0.15, -0.1) is 11.8 Å². The lowest BCUT2D eigenvalue weighted by atomic mass is 10.3. The largest absolute Gasteiger partial charge is 0.443 e. The molecular formula is C17H16Cl2N4O4S2. The normalized spacial score (nSPS) is 14.4. The molecule has 0 aliphatic heterocycles. The van der Waals surface area contributed by atoms with Gasteiger partial charge in [0.05, 0.1) is 11.2 Å². The molecule has 0 saturated heterocycles. The van der Waals surface area contributed by atoms with E-state index in [4.69, 9.17) is 27.9 Å². The highest BCUT2D eigenvalue weighted by Gasteiger charge is 2.27. The Labute approximate surface area is 182 Å². The number of para-hydroxylation sites is 1. The zero-order valence-corrected chi connectivity index (χ0v) is 18.2. The first-order valence-corrected chi connectivity index (χ1v) is 11.8. The Morgan fingerprint density at radius 2 is 2.03 bits per heavy atom. The Morgan fingerprint density at radius 3 is 2.69 bits per heavy atom. The third-order valence-corrected chi connectivity index (χ3v) is 6.31. The summed E-state index contributed by atoms with van der Waals surface area (Å²) in [5, 5.41) is 2.83. The van der Waals surface area contributed by atoms with Crippen molar-refractivity contribution in [2.75, 3.05) is 11.6 Å². The second-order valence-electron chi connectivity index (χ2n) is 5.95. The van der Waals surface area contributed by atoms with Crippen molar-refractivity contribution in [3.63, 3.8) is 0 Å². The van der Waals surface area contributed by atoms with Gasteiger partial charge >= 0.3 is 6.03 Å². The summed E-state index contributed by atoms with van der Waals surface area (Å²) < 4.78 is 32.4. The minimum Gasteiger partial charge on any atom is -0.443 e. The van der Waals surface area contributed by atoms with Crippen LogP contribution in [-0.2, 0) is 10.0 Å². The van der Waals surface area contributed by atoms with E-state index in [2.05, 4.69) is 15.3 Å². The van der Waals surface area contributed by atoms with Crippen LogP contribution in [0.15, 0.2) is 51.0 Å². The molecule has 0 unspecified atom stereocenters. The topological polar surface area (TPSA) is 110 Å². The summed E-state index contributed by atoms with van der Waals surface area (Å²) in [4.78, 5) is 20.5. The molecule has 2 amide bonds. The predicted octanol–water partition coefficient (Wildman–Crippen LogP) is 4.24. The lowest BCUT2D eigenvalue weighted by Crippen LogP contribution is -2.35. The van der Waals surface area contributed by atoms with Crippen LogP contribution in [0.2, 0.25) is 0 Å². The highest BCUT2D eigenvalue weighted by Crippen LogP contribution is 2.40. The van der Waals surface area contributed by atoms with Crippen molar-refractivity contribution in [3.8, 4) is 5.75 Å². The quantitative estimate of drug-likeness (QED) is 0.350. The van der Waals surface area contributed by atoms with E-state index in [0.717, 1.165) is 24.1 Å². The molecule has 154 valence electrons. The lowest BCUT2D eigenvalue weighted by Gasteiger charge is -2.12. The SMILES string of the molecule is CSc1cc(C2CC2)nc(NC(=O)NS(=O)(=O)c2ccccc2O/C(Cl)=C/Cl)n1. The van der Waals surface area contributed by atoms with Crippen molar-refractivity contribution >= 4 is 57.0 Å². The Morgan fingerprint density at radius 1 is 1.31 bits per heavy atom. The van der Waals surface area contributed by atoms with Crippen molar-refractivity contribution in [2.45, 2.75) is 28.7 Å². The predicted molar refractivity (Wildman–Crippen MR) is 112 cm³/mol. The molecular weight excluding hydrogens is 459 g/mol. The van der Waals surface area contributed by atoms with Gasteiger partial charge in [0.15, 0.2) is 0 Å². The maximum Gasteiger partial charge on any atom is 0.335 e. The summed E-state index contributed by atoms with van der Waals surface area (Å²) in [6, 6.07) is 6.53. The molecule has 12 heteroatoms. The molecule has 2 aromatic rings. The monoisotopic (exact) mass is 474 g/mol. The van der Waals surface area contributed by atoms with Crippen LogP contribution < -0.4 is 14.8 Å². The van der Waals surface area contributed by atoms with Crippen molar-refractivity contribution in [1.82, 2.24) is 14.7 Å². The molecule has 3 rings (SSSR count). The van der Waals surface area contributed by atoms with Crippen LogP contribution in [0.25, 0.3) is 0 Å². The van der Waals surface area contributed by atoms with Crippen molar-refractivity contribution in [1.29, 1.82) is 0 Å². The molecule has 1 heterocycles. The Hall–Kier alpha value is -2.01. The number of ether oxygens (including phenoxy) is 1. The van der Waals surface area contributed by atoms with E-state index in [0.29, 0.717) is 10.9 Å². The molecule has 0 radical (unpaired) electrons. The maximum atomic E-state index is 12.6. The average Bonchev–Trinajstić information content (AvgIpc) is 3.52. The summed E-state index contributed by atoms with van der Waals surface area (Å²) in [5.74, 6) is 0.287. The first kappa shape index (κ1) is 21.7. The smallest absolute Gasteiger partial charge is 0.335 e. The molecule has 8 nitrogen and oxygen atoms in total. The number of benzene rings is 1. The molecule has 1 aliphatic carbocycles. The fourth-order valence-corrected chi connectivity index (χ4v) is 3.96. The average molecular weight is 475 g/mol. The van der Waals surface area contributed by atoms with Gasteiger partial charge in [0.25, 0.3) is 10.0 Å². The Balaban J connectivity index is 1.78. The molecule has 1 fully saturated rings. The number of rotatable bonds is 7. The van der Waals surface area contributed by atoms with Gasteiger partial charge in [-0.1, -0.05) is 23.7 Å². The number of urea groups is 1. The van der Waals surface area contributed by atoms with E-state index in [1.807, 2.05) is 17.0 Å². The molecule has 1 aromatic heterocycles. The van der Waals surface area contributed by atoms with Gasteiger partial charge in [0, 0.05) is 5.92 Å². The van der Waals surface area contributed by atoms with Gasteiger partial charge in [-0.2, -0.15) is 0 Å². The fourth-order valence-electron chi connectivity index (χ4n) is 2.38. The number of carbonyl (C=O) groups is 1. The van der Waals surface area contributed by atoms with Crippen molar-refractivity contribution in [3.05, 3.63) is 46.8 Å². The number of hydrogen-bond acceptors (Lipinski definition) is 7. The van der Waals surface area contributed by atoms with Crippen LogP contribution >= 0.6 is 35.0 Å². The highest BCUT2D eigenvalue weighted by molar-refractivity contribution is 7.98. The molecule has 1 aromatic carbocycles. The van der Waals surface area contributed by atoms with Gasteiger partial charge in [-0.05, 0) is 48.9 Å². The second-order valence-corrected chi connectivity index (χ2v) is 9.02. The minimum atomic E-state index is -4.27. The van der Waals surface area contributed by atoms with Gasteiger partial charge in [0.2, 0.25) is 11.2 Å². The summed E-state index contributed by atoms with van der Waals surface area (Å²) in [5.41, 5.74) is 1.77. The minimum absolute atomic E-state index is 0.0316. The lowest BCUT2D eigenvalue weighted by molar-refractivity contribution is 0.256. The number of nitrogens with one attached hydrogen (secondary N) is 2. The third kappa shape index (κ3) is 5.75. The summed E-state index contributed by atoms with van der Waals surface area (Å²) >= 11 is 12.5. The number of aromatic nitrogens is 2. The highest BCUT2D eigenvalue weighted by atomic mass is 35.5. The third-order valence-electron chi connectivity index (χ3n) is 3.81. The first-order valence-electron chi connectivity index (χ1n) is 8.32. The Bertz CT molecular complexity index is 1060. The number of anilines is 1. The van der Waals surface area contributed by atoms with Crippen molar-refractivity contribution < 1.29 is 17.9 Å². The second kappa shape index (κ2) is 9.21. The Kier molecular flexibility index (Phi) is 6.89. The maximum absolute atomic E-state index is 12.6. The summed E-state index contributed by atoms with van der Waals surface area (Å²) in [7, 11) is -4.27. The first-order chi connectivity index (χ1) is 13.8. The van der Waals surface area contributed by atoms with E-state index >= 15 is 0 Å². The summed E-state index contributed by atoms with van der Waals surface area (Å²) in [6.07, 6.45) is 3.91. The molecule has 0 atom stereocenters. The number of thioether (sulfide) groups is 1. The number of nitrogens with zero attached hydrogens (tertiary/aromatic N) is 2. The standard InChI is InChI=1S/C17H16Cl2N4O4S2/c1-28-15-8-11(10-6-7-10)20-16(21-15)22-17(24)23-29(25,26)13-5-3-2-4-12(13)27-14(19)9-18/h2-5,8-10H,6-7H2,1H3,(H2,20,21,22,23,24)/b14-9+. The number of carbonyl (C=O) groups excluding carboxylic acids is 1. The van der Waals surface area contributed by atoms with Crippen LogP contribution in [0.4, 0.5) is 10.7 Å². The van der Waals surface area contributed by atoms with E-state index < -0.39 is 16.1 Å². The van der Waals surface area contributed by atoms with Crippen LogP contribution in [0.3, 0.4) is 0 Å². The van der Waals surface area contributed by atoms with Gasteiger partial charge in [0.1, 0.15) is 15.7 Å². The number of amides is 2. The van der Waals surface area contributed by atoms with Crippen LogP contribution in [0, 0.1) is 0 Å². The molecule has 0 bridgehead atoms. The molecule has 2 N–H and O–H groups in total. The zero-order chi connectivity index (χ0) is 21.0. The van der Waals surface area contributed by atoms with Crippen LogP contribution in [0.5, 0.6) is 5.75 Å². The van der Waals surface area contributed by atoms with Crippen LogP contribution in [-0.4, -0.2) is 30.7 Å². The molecule has 1 saturated carbocycles. The van der Waals surface area contributed by atoms with E-state index in [1.165, 1.54) is 30.0 Å². The van der Waals surface area contributed by atoms with Crippen LogP contribution in [0.1, 0.15) is 24.5 Å². The number of sulfonamides is 1. The van der Waals surface area contributed by atoms with Gasteiger partial charge < -0.3 is 4.74 Å². The van der Waals surface area contributed by atoms with E-state index in [1.54, 1.807) is 6.07 Å². The number of hydrogen-bond donors (Lipinski definition) is 2. The van der Waals surface area contributed by atoms with Gasteiger partial charge in [-0.3, -0.25) is 5.32 Å². The number of halogens is 2. The fraction of sp³-hybridized carbons (Fsp3) is 0.235. The molecule has 29 heavy (non-hydrogen) atoms. The summed E-state index contributed by atoms with van der Waals surface area (Å²) in [6.45, 7) is 0.